The molecule has 0 heterocycles. The number of hydrogen-bond donors (Lipinski definition) is 2. The van der Waals surface area contributed by atoms with Gasteiger partial charge in [0, 0.05) is 12.1 Å². The van der Waals surface area contributed by atoms with Crippen molar-refractivity contribution in [3.63, 3.8) is 0 Å². The second kappa shape index (κ2) is 10.2. The van der Waals surface area contributed by atoms with E-state index in [4.69, 9.17) is 0 Å². The molecule has 0 radical (unpaired) electrons. The molecule has 5 heteroatoms. The van der Waals surface area contributed by atoms with Crippen LogP contribution in [0, 0.1) is 5.82 Å². The monoisotopic (exact) mass is 390 g/mol. The molecule has 148 valence electrons. The lowest BCUT2D eigenvalue weighted by Crippen LogP contribution is -2.34. The van der Waals surface area contributed by atoms with Crippen LogP contribution in [0.4, 0.5) is 4.39 Å². The maximum atomic E-state index is 13.0. The van der Waals surface area contributed by atoms with Gasteiger partial charge in [0.1, 0.15) is 5.82 Å². The molecule has 2 amide bonds. The Kier molecular flexibility index (Phi) is 7.11. The van der Waals surface area contributed by atoms with Gasteiger partial charge in [0.05, 0.1) is 12.5 Å². The van der Waals surface area contributed by atoms with Crippen LogP contribution in [-0.2, 0) is 11.2 Å². The first-order chi connectivity index (χ1) is 14.1. The third-order valence-corrected chi connectivity index (χ3v) is 4.58. The van der Waals surface area contributed by atoms with Crippen molar-refractivity contribution in [2.75, 3.05) is 6.54 Å². The Morgan fingerprint density at radius 2 is 1.45 bits per heavy atom. The Labute approximate surface area is 169 Å². The van der Waals surface area contributed by atoms with Crippen LogP contribution in [0.5, 0.6) is 0 Å². The summed E-state index contributed by atoms with van der Waals surface area (Å²) in [5.74, 6) is -0.662. The molecule has 0 saturated carbocycles. The molecule has 0 aliphatic carbocycles. The number of carbonyl (C=O) groups excluding carboxylic acids is 2. The third kappa shape index (κ3) is 6.28. The smallest absolute Gasteiger partial charge is 0.251 e. The summed E-state index contributed by atoms with van der Waals surface area (Å²) >= 11 is 0. The molecule has 1 unspecified atom stereocenters. The molecule has 29 heavy (non-hydrogen) atoms. The van der Waals surface area contributed by atoms with Gasteiger partial charge in [-0.3, -0.25) is 9.59 Å². The maximum absolute atomic E-state index is 13.0. The number of hydrogen-bond acceptors (Lipinski definition) is 2. The minimum absolute atomic E-state index is 0.131. The van der Waals surface area contributed by atoms with Crippen molar-refractivity contribution in [2.45, 2.75) is 18.9 Å². The minimum atomic E-state index is -0.435. The van der Waals surface area contributed by atoms with Crippen LogP contribution in [0.2, 0.25) is 0 Å². The summed E-state index contributed by atoms with van der Waals surface area (Å²) in [5, 5.41) is 5.83. The number of halogens is 1. The van der Waals surface area contributed by atoms with Crippen LogP contribution in [-0.4, -0.2) is 18.4 Å². The molecule has 0 saturated heterocycles. The molecule has 0 bridgehead atoms. The first kappa shape index (κ1) is 20.3. The van der Waals surface area contributed by atoms with Crippen LogP contribution in [0.3, 0.4) is 0 Å². The molecule has 3 rings (SSSR count). The van der Waals surface area contributed by atoms with Crippen molar-refractivity contribution in [1.82, 2.24) is 10.6 Å². The van der Waals surface area contributed by atoms with Crippen molar-refractivity contribution in [3.05, 3.63) is 107 Å². The highest BCUT2D eigenvalue weighted by Crippen LogP contribution is 2.17. The predicted molar refractivity (Wildman–Crippen MR) is 111 cm³/mol. The highest BCUT2D eigenvalue weighted by molar-refractivity contribution is 5.94. The normalized spacial score (nSPS) is 11.5. The summed E-state index contributed by atoms with van der Waals surface area (Å²) in [7, 11) is 0. The second-order valence-electron chi connectivity index (χ2n) is 6.73. The zero-order valence-corrected chi connectivity index (χ0v) is 16.0. The van der Waals surface area contributed by atoms with Crippen LogP contribution in [0.1, 0.15) is 33.9 Å². The average Bonchev–Trinajstić information content (AvgIpc) is 2.76. The van der Waals surface area contributed by atoms with Gasteiger partial charge >= 0.3 is 0 Å². The van der Waals surface area contributed by atoms with E-state index in [1.54, 1.807) is 36.4 Å². The summed E-state index contributed by atoms with van der Waals surface area (Å²) in [6, 6.07) is 24.1. The molecule has 0 aliphatic heterocycles. The van der Waals surface area contributed by atoms with Crippen molar-refractivity contribution >= 4 is 11.8 Å². The third-order valence-electron chi connectivity index (χ3n) is 4.58. The van der Waals surface area contributed by atoms with E-state index in [-0.39, 0.29) is 24.1 Å². The molecule has 0 aromatic heterocycles. The molecular weight excluding hydrogens is 367 g/mol. The van der Waals surface area contributed by atoms with Gasteiger partial charge in [0.15, 0.2) is 0 Å². The van der Waals surface area contributed by atoms with E-state index in [1.807, 2.05) is 36.4 Å². The molecule has 0 aliphatic rings. The lowest BCUT2D eigenvalue weighted by Gasteiger charge is -2.19. The van der Waals surface area contributed by atoms with Crippen molar-refractivity contribution in [3.8, 4) is 0 Å². The van der Waals surface area contributed by atoms with E-state index in [0.29, 0.717) is 18.5 Å². The molecule has 3 aromatic rings. The zero-order valence-electron chi connectivity index (χ0n) is 16.0. The van der Waals surface area contributed by atoms with Gasteiger partial charge in [-0.2, -0.15) is 0 Å². The molecule has 4 nitrogen and oxygen atoms in total. The van der Waals surface area contributed by atoms with E-state index in [0.717, 1.165) is 11.1 Å². The Hall–Kier alpha value is -3.47. The number of benzene rings is 3. The number of nitrogens with one attached hydrogen (secondary N) is 2. The van der Waals surface area contributed by atoms with Gasteiger partial charge in [-0.15, -0.1) is 0 Å². The number of carbonyl (C=O) groups is 2. The largest absolute Gasteiger partial charge is 0.356 e. The fourth-order valence-electron chi connectivity index (χ4n) is 3.02. The molecule has 3 aromatic carbocycles. The van der Waals surface area contributed by atoms with Gasteiger partial charge in [-0.25, -0.2) is 4.39 Å². The lowest BCUT2D eigenvalue weighted by molar-refractivity contribution is -0.121. The van der Waals surface area contributed by atoms with Gasteiger partial charge in [0.25, 0.3) is 5.91 Å². The molecule has 0 spiro atoms. The van der Waals surface area contributed by atoms with E-state index < -0.39 is 6.04 Å². The summed E-state index contributed by atoms with van der Waals surface area (Å²) in [6.45, 7) is 0.443. The average molecular weight is 390 g/mol. The predicted octanol–water partition coefficient (Wildman–Crippen LogP) is 4.05. The fourth-order valence-corrected chi connectivity index (χ4v) is 3.02. The Balaban J connectivity index is 1.59. The van der Waals surface area contributed by atoms with Crippen LogP contribution < -0.4 is 10.6 Å². The standard InChI is InChI=1S/C24H23FN2O2/c25-21-13-11-18(12-14-21)15-16-26-23(28)17-22(19-7-3-1-4-8-19)27-24(29)20-9-5-2-6-10-20/h1-14,22H,15-17H2,(H,26,28)(H,27,29). The zero-order chi connectivity index (χ0) is 20.5. The molecule has 0 fully saturated rings. The Morgan fingerprint density at radius 1 is 0.828 bits per heavy atom. The molecule has 2 N–H and O–H groups in total. The van der Waals surface area contributed by atoms with Crippen LogP contribution in [0.15, 0.2) is 84.9 Å². The Morgan fingerprint density at radius 3 is 2.10 bits per heavy atom. The van der Waals surface area contributed by atoms with Gasteiger partial charge in [-0.05, 0) is 41.8 Å². The lowest BCUT2D eigenvalue weighted by atomic mass is 10.0. The van der Waals surface area contributed by atoms with Crippen molar-refractivity contribution < 1.29 is 14.0 Å². The van der Waals surface area contributed by atoms with Gasteiger partial charge in [-0.1, -0.05) is 60.7 Å². The van der Waals surface area contributed by atoms with Gasteiger partial charge < -0.3 is 10.6 Å². The van der Waals surface area contributed by atoms with Crippen molar-refractivity contribution in [1.29, 1.82) is 0 Å². The van der Waals surface area contributed by atoms with Crippen LogP contribution >= 0.6 is 0 Å². The quantitative estimate of drug-likeness (QED) is 0.610. The Bertz CT molecular complexity index is 928. The number of rotatable bonds is 8. The van der Waals surface area contributed by atoms with E-state index in [9.17, 15) is 14.0 Å². The van der Waals surface area contributed by atoms with Crippen LogP contribution in [0.25, 0.3) is 0 Å². The van der Waals surface area contributed by atoms with E-state index >= 15 is 0 Å². The topological polar surface area (TPSA) is 58.2 Å². The SMILES string of the molecule is O=C(CC(NC(=O)c1ccccc1)c1ccccc1)NCCc1ccc(F)cc1. The van der Waals surface area contributed by atoms with E-state index in [2.05, 4.69) is 10.6 Å². The first-order valence-electron chi connectivity index (χ1n) is 9.54. The summed E-state index contributed by atoms with van der Waals surface area (Å²) < 4.78 is 13.0. The van der Waals surface area contributed by atoms with Gasteiger partial charge in [0.2, 0.25) is 5.91 Å². The summed E-state index contributed by atoms with van der Waals surface area (Å²) in [6.07, 6.45) is 0.740. The fraction of sp³-hybridized carbons (Fsp3) is 0.167. The maximum Gasteiger partial charge on any atom is 0.251 e. The first-order valence-corrected chi connectivity index (χ1v) is 9.54. The highest BCUT2D eigenvalue weighted by atomic mass is 19.1. The minimum Gasteiger partial charge on any atom is -0.356 e. The highest BCUT2D eigenvalue weighted by Gasteiger charge is 2.19. The second-order valence-corrected chi connectivity index (χ2v) is 6.73. The summed E-state index contributed by atoms with van der Waals surface area (Å²) in [4.78, 5) is 25.0. The summed E-state index contributed by atoms with van der Waals surface area (Å²) in [5.41, 5.74) is 2.36. The number of amides is 2. The van der Waals surface area contributed by atoms with Crippen molar-refractivity contribution in [2.24, 2.45) is 0 Å². The molecular formula is C24H23FN2O2. The molecule has 1 atom stereocenters. The van der Waals surface area contributed by atoms with E-state index in [1.165, 1.54) is 12.1 Å².